The molecule has 0 spiro atoms. The van der Waals surface area contributed by atoms with E-state index in [0.29, 0.717) is 28.4 Å². The average Bonchev–Trinajstić information content (AvgIpc) is 3.47. The third-order valence-corrected chi connectivity index (χ3v) is 4.44. The number of methoxy groups -OCH3 is 1. The van der Waals surface area contributed by atoms with Gasteiger partial charge < -0.3 is 26.3 Å². The number of benzene rings is 1. The van der Waals surface area contributed by atoms with Crippen LogP contribution in [0.1, 0.15) is 12.0 Å². The Morgan fingerprint density at radius 2 is 2.10 bits per heavy atom. The molecule has 7 N–H and O–H groups in total. The van der Waals surface area contributed by atoms with Crippen LogP contribution < -0.4 is 17.3 Å². The molecule has 0 heterocycles. The fraction of sp³-hybridized carbons (Fsp3) is 0.368. The Morgan fingerprint density at radius 1 is 1.40 bits per heavy atom. The highest BCUT2D eigenvalue weighted by Crippen LogP contribution is 2.45. The zero-order valence-electron chi connectivity index (χ0n) is 16.3. The second kappa shape index (κ2) is 9.63. The molecule has 0 amide bonds. The number of carbonyl (C=O) groups excluding carboxylic acids is 1. The van der Waals surface area contributed by atoms with Crippen molar-refractivity contribution in [1.29, 1.82) is 0 Å². The summed E-state index contributed by atoms with van der Waals surface area (Å²) < 4.78 is 42.1. The summed E-state index contributed by atoms with van der Waals surface area (Å²) in [6.07, 6.45) is -1.95. The van der Waals surface area contributed by atoms with Gasteiger partial charge in [-0.25, -0.2) is 10.6 Å². The zero-order chi connectivity index (χ0) is 22.5. The number of allylic oxidation sites excluding steroid dienone is 1. The number of carbonyl (C=O) groups is 1. The molecular formula is C19H24F3N5O3. The quantitative estimate of drug-likeness (QED) is 0.162. The van der Waals surface area contributed by atoms with Gasteiger partial charge in [-0.2, -0.15) is 13.2 Å². The van der Waals surface area contributed by atoms with E-state index in [-0.39, 0.29) is 29.7 Å². The summed E-state index contributed by atoms with van der Waals surface area (Å²) in [7, 11) is 1.19. The van der Waals surface area contributed by atoms with Crippen LogP contribution in [0, 0.1) is 11.8 Å². The highest BCUT2D eigenvalue weighted by atomic mass is 19.4. The van der Waals surface area contributed by atoms with Gasteiger partial charge in [-0.3, -0.25) is 4.99 Å². The maximum absolute atomic E-state index is 12.5. The molecule has 0 radical (unpaired) electrons. The van der Waals surface area contributed by atoms with Crippen molar-refractivity contribution in [3.8, 4) is 0 Å². The summed E-state index contributed by atoms with van der Waals surface area (Å²) in [5.74, 6) is 3.91. The maximum atomic E-state index is 12.5. The molecular weight excluding hydrogens is 403 g/mol. The molecule has 164 valence electrons. The molecule has 0 bridgehead atoms. The first kappa shape index (κ1) is 23.2. The van der Waals surface area contributed by atoms with Crippen LogP contribution in [0.5, 0.6) is 0 Å². The van der Waals surface area contributed by atoms with Gasteiger partial charge in [0.1, 0.15) is 6.54 Å². The molecule has 1 saturated carbocycles. The van der Waals surface area contributed by atoms with Crippen LogP contribution >= 0.6 is 0 Å². The molecule has 0 saturated heterocycles. The SMILES string of the molecule is COC(=O)C(=CN)C(=Nc1cccc(CO)c1)[C@@H]1CC1/C(N)=C/N(N)CC(F)(F)F. The lowest BCUT2D eigenvalue weighted by Crippen LogP contribution is -2.36. The molecule has 1 unspecified atom stereocenters. The molecule has 1 fully saturated rings. The van der Waals surface area contributed by atoms with Gasteiger partial charge in [-0.15, -0.1) is 0 Å². The normalized spacial score (nSPS) is 20.1. The monoisotopic (exact) mass is 427 g/mol. The van der Waals surface area contributed by atoms with Crippen LogP contribution in [0.3, 0.4) is 0 Å². The number of nitrogens with zero attached hydrogens (tertiary/aromatic N) is 2. The Labute approximate surface area is 171 Å². The Kier molecular flexibility index (Phi) is 7.46. The second-order valence-corrected chi connectivity index (χ2v) is 6.76. The molecule has 1 aromatic carbocycles. The first-order valence-electron chi connectivity index (χ1n) is 8.93. The van der Waals surface area contributed by atoms with Crippen LogP contribution in [0.4, 0.5) is 18.9 Å². The fourth-order valence-electron chi connectivity index (χ4n) is 2.98. The first-order valence-corrected chi connectivity index (χ1v) is 8.93. The van der Waals surface area contributed by atoms with Crippen molar-refractivity contribution in [1.82, 2.24) is 5.01 Å². The van der Waals surface area contributed by atoms with Gasteiger partial charge in [0.25, 0.3) is 0 Å². The fourth-order valence-corrected chi connectivity index (χ4v) is 2.98. The Hall–Kier alpha value is -3.05. The van der Waals surface area contributed by atoms with Gasteiger partial charge in [0.2, 0.25) is 0 Å². The van der Waals surface area contributed by atoms with E-state index in [1.165, 1.54) is 7.11 Å². The Morgan fingerprint density at radius 3 is 2.67 bits per heavy atom. The minimum atomic E-state index is -4.47. The number of hydrogen-bond acceptors (Lipinski definition) is 8. The van der Waals surface area contributed by atoms with Crippen LogP contribution in [-0.2, 0) is 16.1 Å². The van der Waals surface area contributed by atoms with E-state index in [0.717, 1.165) is 12.4 Å². The highest BCUT2D eigenvalue weighted by Gasteiger charge is 2.45. The van der Waals surface area contributed by atoms with Crippen molar-refractivity contribution < 1.29 is 27.8 Å². The third kappa shape index (κ3) is 6.22. The van der Waals surface area contributed by atoms with Crippen LogP contribution in [-0.4, -0.2) is 41.6 Å². The van der Waals surface area contributed by atoms with Crippen molar-refractivity contribution in [3.63, 3.8) is 0 Å². The van der Waals surface area contributed by atoms with Crippen LogP contribution in [0.15, 0.2) is 52.9 Å². The number of hydrogen-bond donors (Lipinski definition) is 4. The number of nitrogens with two attached hydrogens (primary N) is 3. The Balaban J connectivity index is 2.33. The van der Waals surface area contributed by atoms with Gasteiger partial charge >= 0.3 is 12.1 Å². The maximum Gasteiger partial charge on any atom is 0.407 e. The first-order chi connectivity index (χ1) is 14.1. The number of aliphatic hydroxyl groups is 1. The smallest absolute Gasteiger partial charge is 0.407 e. The third-order valence-electron chi connectivity index (χ3n) is 4.44. The lowest BCUT2D eigenvalue weighted by atomic mass is 10.0. The van der Waals surface area contributed by atoms with E-state index in [9.17, 15) is 23.1 Å². The van der Waals surface area contributed by atoms with Gasteiger partial charge in [-0.05, 0) is 24.1 Å². The minimum Gasteiger partial charge on any atom is -0.465 e. The summed E-state index contributed by atoms with van der Waals surface area (Å²) in [4.78, 5) is 16.6. The number of halogens is 3. The lowest BCUT2D eigenvalue weighted by Gasteiger charge is -2.17. The number of rotatable bonds is 8. The summed E-state index contributed by atoms with van der Waals surface area (Å²) >= 11 is 0. The molecule has 11 heteroatoms. The van der Waals surface area contributed by atoms with Crippen molar-refractivity contribution in [3.05, 3.63) is 53.5 Å². The van der Waals surface area contributed by atoms with Crippen LogP contribution in [0.2, 0.25) is 0 Å². The number of aliphatic imine (C=N–C) groups is 1. The zero-order valence-corrected chi connectivity index (χ0v) is 16.3. The number of alkyl halides is 3. The summed E-state index contributed by atoms with van der Waals surface area (Å²) in [5, 5.41) is 9.77. The Bertz CT molecular complexity index is 867. The van der Waals surface area contributed by atoms with Crippen LogP contribution in [0.25, 0.3) is 0 Å². The van der Waals surface area contributed by atoms with E-state index in [1.807, 2.05) is 0 Å². The molecule has 1 aliphatic rings. The molecule has 30 heavy (non-hydrogen) atoms. The number of ether oxygens (including phenoxy) is 1. The van der Waals surface area contributed by atoms with E-state index in [1.54, 1.807) is 24.3 Å². The highest BCUT2D eigenvalue weighted by molar-refractivity contribution is 6.22. The number of aliphatic hydroxyl groups excluding tert-OH is 1. The number of esters is 1. The topological polar surface area (TPSA) is 140 Å². The van der Waals surface area contributed by atoms with Gasteiger partial charge in [-0.1, -0.05) is 12.1 Å². The minimum absolute atomic E-state index is 0.0205. The van der Waals surface area contributed by atoms with E-state index in [2.05, 4.69) is 4.99 Å². The lowest BCUT2D eigenvalue weighted by molar-refractivity contribution is -0.140. The molecule has 0 aromatic heterocycles. The standard InChI is InChI=1S/C19H24F3N5O3/c1-30-18(29)15(7-23)17(26-12-4-2-3-11(5-12)9-28)14-6-13(14)16(24)8-27(25)10-19(20,21)22/h2-5,7-8,13-14,28H,6,9-10,23-25H2,1H3/b15-7?,16-8-,26-17?/t13?,14-/m1/s1. The summed E-state index contributed by atoms with van der Waals surface area (Å²) in [6.45, 7) is -1.54. The van der Waals surface area contributed by atoms with Gasteiger partial charge in [0.15, 0.2) is 0 Å². The second-order valence-electron chi connectivity index (χ2n) is 6.76. The number of hydrazine groups is 1. The molecule has 2 atom stereocenters. The predicted octanol–water partition coefficient (Wildman–Crippen LogP) is 1.44. The molecule has 2 rings (SSSR count). The predicted molar refractivity (Wildman–Crippen MR) is 105 cm³/mol. The van der Waals surface area contributed by atoms with E-state index in [4.69, 9.17) is 22.0 Å². The van der Waals surface area contributed by atoms with Crippen molar-refractivity contribution in [2.75, 3.05) is 13.7 Å². The van der Waals surface area contributed by atoms with Crippen molar-refractivity contribution >= 4 is 17.4 Å². The van der Waals surface area contributed by atoms with Gasteiger partial charge in [0, 0.05) is 29.9 Å². The summed E-state index contributed by atoms with van der Waals surface area (Å²) in [5.41, 5.74) is 13.1. The van der Waals surface area contributed by atoms with E-state index >= 15 is 0 Å². The van der Waals surface area contributed by atoms with Gasteiger partial charge in [0.05, 0.1) is 30.7 Å². The molecule has 8 nitrogen and oxygen atoms in total. The van der Waals surface area contributed by atoms with Crippen molar-refractivity contribution in [2.45, 2.75) is 19.2 Å². The van der Waals surface area contributed by atoms with E-state index < -0.39 is 18.7 Å². The summed E-state index contributed by atoms with van der Waals surface area (Å²) in [6, 6.07) is 6.70. The van der Waals surface area contributed by atoms with Crippen molar-refractivity contribution in [2.24, 2.45) is 34.1 Å². The molecule has 1 aliphatic carbocycles. The molecule has 1 aromatic rings. The average molecular weight is 427 g/mol. The largest absolute Gasteiger partial charge is 0.465 e. The molecule has 0 aliphatic heterocycles.